The van der Waals surface area contributed by atoms with E-state index in [4.69, 9.17) is 11.2 Å². The molecule has 2 amide bonds. The normalized spacial score (nSPS) is 19.2. The third-order valence-electron chi connectivity index (χ3n) is 6.51. The molecule has 2 atom stereocenters. The molecule has 2 fully saturated rings. The van der Waals surface area contributed by atoms with E-state index in [-0.39, 0.29) is 6.03 Å². The quantitative estimate of drug-likeness (QED) is 0.604. The molecule has 2 aromatic carbocycles. The zero-order chi connectivity index (χ0) is 22.9. The van der Waals surface area contributed by atoms with Crippen molar-refractivity contribution in [2.45, 2.75) is 12.5 Å². The lowest BCUT2D eigenvalue weighted by Gasteiger charge is -2.27. The highest BCUT2D eigenvalue weighted by molar-refractivity contribution is 6.00. The number of anilines is 3. The molecule has 2 saturated heterocycles. The van der Waals surface area contributed by atoms with Crippen molar-refractivity contribution >= 4 is 34.1 Å². The van der Waals surface area contributed by atoms with Crippen LogP contribution in [0.3, 0.4) is 0 Å². The fourth-order valence-corrected chi connectivity index (χ4v) is 4.74. The molecule has 8 heteroatoms. The number of fused-ring (bicyclic) bond motifs is 2. The molecule has 2 N–H and O–H groups in total. The second-order valence-electron chi connectivity index (χ2n) is 8.47. The summed E-state index contributed by atoms with van der Waals surface area (Å²) in [6, 6.07) is 11.6. The number of nitrogens with zero attached hydrogens (tertiary/aromatic N) is 4. The van der Waals surface area contributed by atoms with E-state index >= 15 is 0 Å². The van der Waals surface area contributed by atoms with Gasteiger partial charge in [-0.15, -0.1) is 6.42 Å². The van der Waals surface area contributed by atoms with Gasteiger partial charge < -0.3 is 20.3 Å². The third kappa shape index (κ3) is 3.92. The highest BCUT2D eigenvalue weighted by Crippen LogP contribution is 2.36. The van der Waals surface area contributed by atoms with Crippen LogP contribution in [0.5, 0.6) is 5.75 Å². The maximum Gasteiger partial charge on any atom is 0.324 e. The molecule has 0 saturated carbocycles. The van der Waals surface area contributed by atoms with Gasteiger partial charge in [0, 0.05) is 48.9 Å². The Morgan fingerprint density at radius 2 is 2.18 bits per heavy atom. The number of aromatic nitrogens is 2. The third-order valence-corrected chi connectivity index (χ3v) is 6.51. The molecule has 2 aliphatic rings. The molecular weight excluding hydrogens is 416 g/mol. The van der Waals surface area contributed by atoms with E-state index in [2.05, 4.69) is 26.5 Å². The molecule has 0 bridgehead atoms. The molecule has 3 aromatic rings. The minimum atomic E-state index is -0.0445. The van der Waals surface area contributed by atoms with E-state index in [0.29, 0.717) is 34.7 Å². The Labute approximate surface area is 193 Å². The van der Waals surface area contributed by atoms with Crippen LogP contribution in [0, 0.1) is 18.3 Å². The number of rotatable bonds is 4. The van der Waals surface area contributed by atoms with Gasteiger partial charge in [-0.1, -0.05) is 12.0 Å². The Morgan fingerprint density at radius 3 is 2.97 bits per heavy atom. The van der Waals surface area contributed by atoms with Crippen LogP contribution in [0.1, 0.15) is 12.0 Å². The minimum absolute atomic E-state index is 0.0445. The second-order valence-corrected chi connectivity index (χ2v) is 8.47. The number of benzene rings is 2. The molecule has 0 aliphatic carbocycles. The lowest BCUT2D eigenvalue weighted by molar-refractivity contribution is 0.213. The largest absolute Gasteiger partial charge is 0.494 e. The second kappa shape index (κ2) is 8.60. The van der Waals surface area contributed by atoms with Crippen molar-refractivity contribution in [1.82, 2.24) is 20.2 Å². The van der Waals surface area contributed by atoms with E-state index in [1.54, 1.807) is 19.1 Å². The summed E-state index contributed by atoms with van der Waals surface area (Å²) < 4.78 is 5.62. The van der Waals surface area contributed by atoms with Gasteiger partial charge in [0.25, 0.3) is 0 Å². The van der Waals surface area contributed by atoms with Crippen LogP contribution in [0.25, 0.3) is 10.9 Å². The van der Waals surface area contributed by atoms with Crippen LogP contribution in [-0.2, 0) is 0 Å². The number of carbonyl (C=O) groups is 1. The molecule has 0 radical (unpaired) electrons. The fourth-order valence-electron chi connectivity index (χ4n) is 4.74. The van der Waals surface area contributed by atoms with Crippen molar-refractivity contribution in [3.8, 4) is 18.1 Å². The summed E-state index contributed by atoms with van der Waals surface area (Å²) in [6.45, 7) is 2.54. The Balaban J connectivity index is 1.48. The zero-order valence-corrected chi connectivity index (χ0v) is 18.7. The number of urea groups is 1. The Kier molecular flexibility index (Phi) is 5.48. The van der Waals surface area contributed by atoms with Crippen LogP contribution >= 0.6 is 0 Å². The first-order valence-corrected chi connectivity index (χ1v) is 11.0. The number of amides is 2. The number of hydrogen-bond donors (Lipinski definition) is 2. The summed E-state index contributed by atoms with van der Waals surface area (Å²) >= 11 is 0. The van der Waals surface area contributed by atoms with Crippen molar-refractivity contribution in [3.05, 3.63) is 48.3 Å². The van der Waals surface area contributed by atoms with E-state index in [9.17, 15) is 4.79 Å². The molecule has 3 heterocycles. The van der Waals surface area contributed by atoms with Crippen LogP contribution in [0.4, 0.5) is 22.0 Å². The number of likely N-dealkylation sites (tertiary alicyclic amines) is 1. The number of methoxy groups -OCH3 is 1. The van der Waals surface area contributed by atoms with E-state index < -0.39 is 0 Å². The minimum Gasteiger partial charge on any atom is -0.494 e. The van der Waals surface area contributed by atoms with E-state index in [1.165, 1.54) is 6.33 Å². The van der Waals surface area contributed by atoms with Crippen LogP contribution in [0.15, 0.2) is 42.7 Å². The van der Waals surface area contributed by atoms with Crippen molar-refractivity contribution in [1.29, 1.82) is 0 Å². The molecule has 8 nitrogen and oxygen atoms in total. The fraction of sp³-hybridized carbons (Fsp3) is 0.320. The summed E-state index contributed by atoms with van der Waals surface area (Å²) in [5, 5.41) is 7.60. The summed E-state index contributed by atoms with van der Waals surface area (Å²) in [5.74, 6) is 4.37. The van der Waals surface area contributed by atoms with Gasteiger partial charge in [0.15, 0.2) is 0 Å². The summed E-state index contributed by atoms with van der Waals surface area (Å²) in [4.78, 5) is 25.7. The molecular formula is C25H26N6O2. The molecule has 33 heavy (non-hydrogen) atoms. The molecule has 1 aromatic heterocycles. The number of nitrogens with one attached hydrogen (secondary N) is 2. The zero-order valence-electron chi connectivity index (χ0n) is 18.7. The number of ether oxygens (including phenoxy) is 1. The monoisotopic (exact) mass is 442 g/mol. The molecule has 0 unspecified atom stereocenters. The van der Waals surface area contributed by atoms with Crippen molar-refractivity contribution in [3.63, 3.8) is 0 Å². The number of terminal acetylenes is 1. The van der Waals surface area contributed by atoms with Crippen molar-refractivity contribution in [2.24, 2.45) is 5.92 Å². The standard InChI is InChI=1S/C25H26N6O2/c1-4-16-6-5-7-18(10-16)29-24-19-11-22(23(33-3)12-20(19)27-15-28-24)30(2)25(32)31-13-17-8-9-26-21(17)14-31/h1,5-7,10-12,15,17,21,26H,8-9,13-14H2,2-3H3,(H,27,28,29)/t17-,21+/m1/s1. The average molecular weight is 443 g/mol. The first-order valence-electron chi connectivity index (χ1n) is 11.0. The predicted octanol–water partition coefficient (Wildman–Crippen LogP) is 3.21. The maximum absolute atomic E-state index is 13.3. The smallest absolute Gasteiger partial charge is 0.324 e. The summed E-state index contributed by atoms with van der Waals surface area (Å²) in [5.41, 5.74) is 2.97. The van der Waals surface area contributed by atoms with Gasteiger partial charge >= 0.3 is 6.03 Å². The van der Waals surface area contributed by atoms with Crippen LogP contribution in [-0.4, -0.2) is 60.7 Å². The average Bonchev–Trinajstić information content (AvgIpc) is 3.45. The number of hydrogen-bond acceptors (Lipinski definition) is 6. The SMILES string of the molecule is C#Cc1cccc(Nc2ncnc3cc(OC)c(N(C)C(=O)N4C[C@H]5CCN[C@H]5C4)cc23)c1. The van der Waals surface area contributed by atoms with Gasteiger partial charge in [-0.2, -0.15) is 0 Å². The van der Waals surface area contributed by atoms with Gasteiger partial charge in [0.1, 0.15) is 17.9 Å². The summed E-state index contributed by atoms with van der Waals surface area (Å²) in [6.07, 6.45) is 8.15. The lowest BCUT2D eigenvalue weighted by Crippen LogP contribution is -2.42. The molecule has 0 spiro atoms. The van der Waals surface area contributed by atoms with E-state index in [1.807, 2.05) is 41.3 Å². The number of carbonyl (C=O) groups excluding carboxylic acids is 1. The first kappa shape index (κ1) is 21.0. The van der Waals surface area contributed by atoms with Crippen LogP contribution < -0.4 is 20.3 Å². The topological polar surface area (TPSA) is 82.6 Å². The van der Waals surface area contributed by atoms with Gasteiger partial charge in [-0.05, 0) is 43.1 Å². The van der Waals surface area contributed by atoms with E-state index in [0.717, 1.165) is 42.7 Å². The van der Waals surface area contributed by atoms with Gasteiger partial charge in [0.2, 0.25) is 0 Å². The Morgan fingerprint density at radius 1 is 1.30 bits per heavy atom. The molecule has 5 rings (SSSR count). The van der Waals surface area contributed by atoms with Crippen molar-refractivity contribution in [2.75, 3.05) is 44.0 Å². The lowest BCUT2D eigenvalue weighted by atomic mass is 10.1. The Bertz CT molecular complexity index is 1240. The van der Waals surface area contributed by atoms with Crippen molar-refractivity contribution < 1.29 is 9.53 Å². The summed E-state index contributed by atoms with van der Waals surface area (Å²) in [7, 11) is 3.37. The van der Waals surface area contributed by atoms with Crippen LogP contribution in [0.2, 0.25) is 0 Å². The molecule has 168 valence electrons. The Hall–Kier alpha value is -3.83. The highest BCUT2D eigenvalue weighted by Gasteiger charge is 2.39. The molecule has 2 aliphatic heterocycles. The maximum atomic E-state index is 13.3. The predicted molar refractivity (Wildman–Crippen MR) is 129 cm³/mol. The highest BCUT2D eigenvalue weighted by atomic mass is 16.5. The first-order chi connectivity index (χ1) is 16.1. The van der Waals surface area contributed by atoms with Gasteiger partial charge in [0.05, 0.1) is 18.3 Å². The van der Waals surface area contributed by atoms with Gasteiger partial charge in [-0.3, -0.25) is 4.90 Å². The van der Waals surface area contributed by atoms with Gasteiger partial charge in [-0.25, -0.2) is 14.8 Å².